The molecule has 6 atom stereocenters. The third-order valence-electron chi connectivity index (χ3n) is 4.57. The molecule has 35 heavy (non-hydrogen) atoms. The normalized spacial score (nSPS) is 24.4. The Kier molecular flexibility index (Phi) is 10.5. The van der Waals surface area contributed by atoms with Gasteiger partial charge in [-0.1, -0.05) is 30.0 Å². The molecule has 1 fully saturated rings. The molecule has 1 aromatic rings. The van der Waals surface area contributed by atoms with E-state index >= 15 is 0 Å². The summed E-state index contributed by atoms with van der Waals surface area (Å²) in [6, 6.07) is 8.96. The van der Waals surface area contributed by atoms with Crippen LogP contribution in [0.5, 0.6) is 0 Å². The van der Waals surface area contributed by atoms with Crippen LogP contribution in [0.4, 0.5) is 0 Å². The van der Waals surface area contributed by atoms with Gasteiger partial charge in [-0.25, -0.2) is 0 Å². The fourth-order valence-electron chi connectivity index (χ4n) is 3.44. The Labute approximate surface area is 206 Å². The lowest BCUT2D eigenvalue weighted by Gasteiger charge is -2.46. The molecule has 0 aliphatic carbocycles. The van der Waals surface area contributed by atoms with E-state index in [1.165, 1.54) is 13.8 Å². The molecule has 1 heterocycles. The lowest BCUT2D eigenvalue weighted by atomic mass is 9.95. The van der Waals surface area contributed by atoms with Crippen LogP contribution in [-0.4, -0.2) is 72.4 Å². The van der Waals surface area contributed by atoms with Gasteiger partial charge in [0.2, 0.25) is 0 Å². The van der Waals surface area contributed by atoms with Crippen molar-refractivity contribution in [2.45, 2.75) is 75.5 Å². The van der Waals surface area contributed by atoms with E-state index in [2.05, 4.69) is 0 Å². The summed E-state index contributed by atoms with van der Waals surface area (Å²) in [7, 11) is 0. The topological polar surface area (TPSA) is 141 Å². The van der Waals surface area contributed by atoms with Gasteiger partial charge in [0.05, 0.1) is 0 Å². The van der Waals surface area contributed by atoms with E-state index in [1.54, 1.807) is 24.3 Å². The molecule has 1 unspecified atom stereocenters. The highest BCUT2D eigenvalue weighted by Gasteiger charge is 2.55. The van der Waals surface area contributed by atoms with Gasteiger partial charge in [0.15, 0.2) is 24.4 Å². The third kappa shape index (κ3) is 8.87. The zero-order valence-electron chi connectivity index (χ0n) is 20.0. The Bertz CT molecular complexity index is 919. The highest BCUT2D eigenvalue weighted by atomic mass is 32.2. The summed E-state index contributed by atoms with van der Waals surface area (Å²) in [5.41, 5.74) is -0.988. The summed E-state index contributed by atoms with van der Waals surface area (Å²) in [4.78, 5) is 59.9. The maximum atomic E-state index is 12.0. The molecule has 1 aliphatic rings. The van der Waals surface area contributed by atoms with Gasteiger partial charge in [0.25, 0.3) is 0 Å². The van der Waals surface area contributed by atoms with Crippen LogP contribution in [0.25, 0.3) is 0 Å². The monoisotopic (exact) mass is 512 g/mol. The Morgan fingerprint density at radius 1 is 0.771 bits per heavy atom. The van der Waals surface area contributed by atoms with E-state index < -0.39 is 72.4 Å². The number of esters is 5. The number of carbonyl (C=O) groups is 5. The maximum Gasteiger partial charge on any atom is 0.303 e. The molecule has 11 nitrogen and oxygen atoms in total. The predicted molar refractivity (Wildman–Crippen MR) is 120 cm³/mol. The van der Waals surface area contributed by atoms with Crippen LogP contribution in [0.2, 0.25) is 0 Å². The highest BCUT2D eigenvalue weighted by molar-refractivity contribution is 7.99. The quantitative estimate of drug-likeness (QED) is 0.352. The number of thioether (sulfide) groups is 1. The fraction of sp³-hybridized carbons (Fsp3) is 0.522. The van der Waals surface area contributed by atoms with Gasteiger partial charge >= 0.3 is 29.8 Å². The second kappa shape index (κ2) is 13.1. The number of ether oxygens (including phenoxy) is 6. The first-order valence-electron chi connectivity index (χ1n) is 10.7. The number of hydrogen-bond acceptors (Lipinski definition) is 12. The molecule has 0 spiro atoms. The Morgan fingerprint density at radius 3 is 1.83 bits per heavy atom. The number of carbonyl (C=O) groups excluding carboxylic acids is 5. The minimum atomic E-state index is -1.37. The van der Waals surface area contributed by atoms with Gasteiger partial charge in [-0.3, -0.25) is 24.0 Å². The van der Waals surface area contributed by atoms with Crippen molar-refractivity contribution in [3.8, 4) is 0 Å². The Hall–Kier alpha value is -3.12. The zero-order chi connectivity index (χ0) is 26.1. The van der Waals surface area contributed by atoms with Crippen LogP contribution in [0.3, 0.4) is 0 Å². The van der Waals surface area contributed by atoms with Crippen molar-refractivity contribution in [3.05, 3.63) is 30.3 Å². The van der Waals surface area contributed by atoms with Crippen molar-refractivity contribution in [2.24, 2.45) is 0 Å². The van der Waals surface area contributed by atoms with Crippen LogP contribution >= 0.6 is 11.8 Å². The van der Waals surface area contributed by atoms with Crippen molar-refractivity contribution in [1.82, 2.24) is 0 Å². The summed E-state index contributed by atoms with van der Waals surface area (Å²) >= 11 is 1.15. The van der Waals surface area contributed by atoms with Crippen LogP contribution in [0.15, 0.2) is 35.2 Å². The van der Waals surface area contributed by atoms with Gasteiger partial charge in [-0.15, -0.1) is 0 Å². The molecule has 0 amide bonds. The van der Waals surface area contributed by atoms with Gasteiger partial charge in [-0.2, -0.15) is 0 Å². The van der Waals surface area contributed by atoms with E-state index in [0.717, 1.165) is 37.4 Å². The SMILES string of the molecule is CC(=O)OC[C@@H](OC(C)=O)[C@H]1OC(Sc2ccccc2)[C@H](OC(C)=O)[C@@H](OC(C)=O)[C@@H]1OC(C)=O. The fourth-order valence-corrected chi connectivity index (χ4v) is 4.55. The summed E-state index contributed by atoms with van der Waals surface area (Å²) in [6.07, 6.45) is -6.38. The Balaban J connectivity index is 2.57. The molecule has 2 rings (SSSR count). The average molecular weight is 513 g/mol. The third-order valence-corrected chi connectivity index (χ3v) is 5.72. The zero-order valence-corrected chi connectivity index (χ0v) is 20.8. The van der Waals surface area contributed by atoms with Crippen molar-refractivity contribution in [3.63, 3.8) is 0 Å². The smallest absolute Gasteiger partial charge is 0.303 e. The largest absolute Gasteiger partial charge is 0.462 e. The molecule has 1 aliphatic heterocycles. The van der Waals surface area contributed by atoms with Crippen LogP contribution in [0, 0.1) is 0 Å². The standard InChI is InChI=1S/C23H28O11S/c1-12(24)29-11-18(30-13(2)25)19-20(31-14(3)26)21(32-15(4)27)22(33-16(5)28)23(34-19)35-17-9-7-6-8-10-17/h6-10,18-23H,11H2,1-5H3/t18-,19-,20-,21+,22-,23?/m1/s1. The van der Waals surface area contributed by atoms with Gasteiger partial charge < -0.3 is 28.4 Å². The molecule has 0 radical (unpaired) electrons. The van der Waals surface area contributed by atoms with Crippen LogP contribution in [0.1, 0.15) is 34.6 Å². The molecule has 12 heteroatoms. The molecule has 0 N–H and O–H groups in total. The summed E-state index contributed by atoms with van der Waals surface area (Å²) in [5, 5.41) is 0. The minimum Gasteiger partial charge on any atom is -0.462 e. The van der Waals surface area contributed by atoms with Crippen LogP contribution in [-0.2, 0) is 52.4 Å². The predicted octanol–water partition coefficient (Wildman–Crippen LogP) is 1.79. The summed E-state index contributed by atoms with van der Waals surface area (Å²) in [6.45, 7) is 5.33. The van der Waals surface area contributed by atoms with Crippen molar-refractivity contribution >= 4 is 41.6 Å². The molecule has 0 bridgehead atoms. The molecular formula is C23H28O11S. The van der Waals surface area contributed by atoms with E-state index in [1.807, 2.05) is 6.07 Å². The second-order valence-corrected chi connectivity index (χ2v) is 8.74. The Morgan fingerprint density at radius 2 is 1.31 bits per heavy atom. The lowest BCUT2D eigenvalue weighted by molar-refractivity contribution is -0.250. The first-order chi connectivity index (χ1) is 16.5. The van der Waals surface area contributed by atoms with Crippen molar-refractivity contribution in [1.29, 1.82) is 0 Å². The molecule has 1 aromatic carbocycles. The van der Waals surface area contributed by atoms with E-state index in [0.29, 0.717) is 0 Å². The minimum absolute atomic E-state index is 0.426. The lowest BCUT2D eigenvalue weighted by Crippen LogP contribution is -2.64. The van der Waals surface area contributed by atoms with E-state index in [4.69, 9.17) is 28.4 Å². The van der Waals surface area contributed by atoms with Crippen LogP contribution < -0.4 is 0 Å². The summed E-state index contributed by atoms with van der Waals surface area (Å²) < 4.78 is 32.9. The number of hydrogen-bond donors (Lipinski definition) is 0. The summed E-state index contributed by atoms with van der Waals surface area (Å²) in [5.74, 6) is -3.55. The number of benzene rings is 1. The molecule has 1 saturated heterocycles. The van der Waals surface area contributed by atoms with Gasteiger partial charge in [0, 0.05) is 39.5 Å². The molecule has 192 valence electrons. The molecule has 0 saturated carbocycles. The molecule has 0 aromatic heterocycles. The average Bonchev–Trinajstić information content (AvgIpc) is 2.74. The van der Waals surface area contributed by atoms with E-state index in [9.17, 15) is 24.0 Å². The van der Waals surface area contributed by atoms with Crippen molar-refractivity contribution in [2.75, 3.05) is 6.61 Å². The first kappa shape index (κ1) is 28.1. The maximum absolute atomic E-state index is 12.0. The number of rotatable bonds is 9. The second-order valence-electron chi connectivity index (χ2n) is 7.57. The molecular weight excluding hydrogens is 484 g/mol. The van der Waals surface area contributed by atoms with E-state index in [-0.39, 0.29) is 0 Å². The van der Waals surface area contributed by atoms with Gasteiger partial charge in [-0.05, 0) is 12.1 Å². The highest BCUT2D eigenvalue weighted by Crippen LogP contribution is 2.38. The first-order valence-corrected chi connectivity index (χ1v) is 11.5. The van der Waals surface area contributed by atoms with Crippen molar-refractivity contribution < 1.29 is 52.4 Å². The van der Waals surface area contributed by atoms with Gasteiger partial charge in [0.1, 0.15) is 18.1 Å².